The number of nitrogens with zero attached hydrogens (tertiary/aromatic N) is 3. The minimum Gasteiger partial charge on any atom is -0.485 e. The summed E-state index contributed by atoms with van der Waals surface area (Å²) in [6.07, 6.45) is 5.91. The van der Waals surface area contributed by atoms with Gasteiger partial charge in [0.05, 0.1) is 5.75 Å². The third-order valence-corrected chi connectivity index (χ3v) is 6.00. The molecular formula is C20H28N4O2S. The second kappa shape index (κ2) is 9.26. The molecule has 1 fully saturated rings. The molecule has 0 unspecified atom stereocenters. The van der Waals surface area contributed by atoms with Crippen LogP contribution in [0.1, 0.15) is 49.1 Å². The van der Waals surface area contributed by atoms with Gasteiger partial charge in [-0.25, -0.2) is 0 Å². The van der Waals surface area contributed by atoms with E-state index in [1.807, 2.05) is 43.7 Å². The summed E-state index contributed by atoms with van der Waals surface area (Å²) in [5, 5.41) is 12.3. The molecule has 0 spiro atoms. The van der Waals surface area contributed by atoms with Crippen LogP contribution in [0.4, 0.5) is 0 Å². The highest BCUT2D eigenvalue weighted by Gasteiger charge is 2.17. The molecule has 1 amide bonds. The number of carbonyl (C=O) groups is 1. The lowest BCUT2D eigenvalue weighted by atomic mass is 9.95. The highest BCUT2D eigenvalue weighted by atomic mass is 32.2. The zero-order chi connectivity index (χ0) is 19.2. The van der Waals surface area contributed by atoms with Crippen molar-refractivity contribution in [3.05, 3.63) is 35.2 Å². The number of aromatic nitrogens is 3. The van der Waals surface area contributed by atoms with Crippen molar-refractivity contribution in [1.82, 2.24) is 20.1 Å². The number of hydrogen-bond acceptors (Lipinski definition) is 5. The smallest absolute Gasteiger partial charge is 0.230 e. The first-order chi connectivity index (χ1) is 13.0. The number of ether oxygens (including phenoxy) is 1. The number of amides is 1. The number of aryl methyl sites for hydroxylation is 2. The summed E-state index contributed by atoms with van der Waals surface area (Å²) in [4.78, 5) is 12.2. The Morgan fingerprint density at radius 3 is 2.63 bits per heavy atom. The molecule has 1 saturated carbocycles. The minimum atomic E-state index is 0.0724. The van der Waals surface area contributed by atoms with Gasteiger partial charge in [0.2, 0.25) is 5.91 Å². The summed E-state index contributed by atoms with van der Waals surface area (Å²) in [6.45, 7) is 4.42. The van der Waals surface area contributed by atoms with E-state index in [0.717, 1.165) is 40.7 Å². The second-order valence-corrected chi connectivity index (χ2v) is 8.10. The minimum absolute atomic E-state index is 0.0724. The predicted molar refractivity (Wildman–Crippen MR) is 107 cm³/mol. The zero-order valence-electron chi connectivity index (χ0n) is 16.3. The quantitative estimate of drug-likeness (QED) is 0.735. The van der Waals surface area contributed by atoms with Crippen LogP contribution < -0.4 is 10.1 Å². The predicted octanol–water partition coefficient (Wildman–Crippen LogP) is 3.55. The molecule has 0 aliphatic heterocycles. The number of para-hydroxylation sites is 1. The van der Waals surface area contributed by atoms with E-state index in [1.54, 1.807) is 0 Å². The highest BCUT2D eigenvalue weighted by molar-refractivity contribution is 7.99. The fraction of sp³-hybridized carbons (Fsp3) is 0.550. The molecule has 7 heteroatoms. The van der Waals surface area contributed by atoms with Gasteiger partial charge in [0.1, 0.15) is 12.4 Å². The highest BCUT2D eigenvalue weighted by Crippen LogP contribution is 2.24. The van der Waals surface area contributed by atoms with E-state index in [2.05, 4.69) is 15.5 Å². The topological polar surface area (TPSA) is 69.0 Å². The van der Waals surface area contributed by atoms with Crippen molar-refractivity contribution in [2.45, 2.75) is 63.8 Å². The standard InChI is InChI=1S/C20H28N4O2S/c1-14-8-7-9-15(2)19(14)26-12-17-22-23-20(24(17)3)27-13-18(25)21-16-10-5-4-6-11-16/h7-9,16H,4-6,10-13H2,1-3H3,(H,21,25). The molecule has 3 rings (SSSR count). The van der Waals surface area contributed by atoms with Crippen molar-refractivity contribution in [2.24, 2.45) is 7.05 Å². The molecule has 0 bridgehead atoms. The first kappa shape index (κ1) is 19.7. The summed E-state index contributed by atoms with van der Waals surface area (Å²) in [5.74, 6) is 2.07. The molecule has 6 nitrogen and oxygen atoms in total. The second-order valence-electron chi connectivity index (χ2n) is 7.16. The maximum atomic E-state index is 12.2. The molecule has 146 valence electrons. The van der Waals surface area contributed by atoms with E-state index in [1.165, 1.54) is 31.0 Å². The van der Waals surface area contributed by atoms with Gasteiger partial charge in [-0.05, 0) is 37.8 Å². The number of nitrogens with one attached hydrogen (secondary N) is 1. The van der Waals surface area contributed by atoms with E-state index >= 15 is 0 Å². The fourth-order valence-electron chi connectivity index (χ4n) is 3.41. The molecule has 1 aromatic carbocycles. The largest absolute Gasteiger partial charge is 0.485 e. The van der Waals surface area contributed by atoms with E-state index in [9.17, 15) is 4.79 Å². The molecule has 1 aliphatic carbocycles. The fourth-order valence-corrected chi connectivity index (χ4v) is 4.15. The van der Waals surface area contributed by atoms with Gasteiger partial charge in [-0.2, -0.15) is 0 Å². The van der Waals surface area contributed by atoms with Crippen LogP contribution in [0.25, 0.3) is 0 Å². The molecule has 1 heterocycles. The molecule has 1 aliphatic rings. The van der Waals surface area contributed by atoms with Crippen molar-refractivity contribution in [3.8, 4) is 5.75 Å². The molecule has 2 aromatic rings. The van der Waals surface area contributed by atoms with Gasteiger partial charge in [-0.1, -0.05) is 49.2 Å². The Morgan fingerprint density at radius 2 is 1.93 bits per heavy atom. The number of hydrogen-bond donors (Lipinski definition) is 1. The van der Waals surface area contributed by atoms with Crippen molar-refractivity contribution < 1.29 is 9.53 Å². The van der Waals surface area contributed by atoms with E-state index in [0.29, 0.717) is 18.4 Å². The van der Waals surface area contributed by atoms with Gasteiger partial charge in [-0.3, -0.25) is 4.79 Å². The van der Waals surface area contributed by atoms with Gasteiger partial charge < -0.3 is 14.6 Å². The number of thioether (sulfide) groups is 1. The van der Waals surface area contributed by atoms with Gasteiger partial charge in [-0.15, -0.1) is 10.2 Å². The van der Waals surface area contributed by atoms with Crippen LogP contribution in [0.3, 0.4) is 0 Å². The average molecular weight is 389 g/mol. The summed E-state index contributed by atoms with van der Waals surface area (Å²) < 4.78 is 7.86. The summed E-state index contributed by atoms with van der Waals surface area (Å²) >= 11 is 1.41. The van der Waals surface area contributed by atoms with Crippen LogP contribution in [0.5, 0.6) is 5.75 Å². The maximum absolute atomic E-state index is 12.2. The Hall–Kier alpha value is -2.02. The van der Waals surface area contributed by atoms with E-state index in [4.69, 9.17) is 4.74 Å². The molecule has 0 saturated heterocycles. The van der Waals surface area contributed by atoms with Crippen LogP contribution in [0, 0.1) is 13.8 Å². The van der Waals surface area contributed by atoms with Crippen LogP contribution in [0.15, 0.2) is 23.4 Å². The third kappa shape index (κ3) is 5.25. The van der Waals surface area contributed by atoms with Crippen LogP contribution in [-0.4, -0.2) is 32.5 Å². The van der Waals surface area contributed by atoms with Gasteiger partial charge in [0.15, 0.2) is 11.0 Å². The lowest BCUT2D eigenvalue weighted by Crippen LogP contribution is -2.37. The number of benzene rings is 1. The van der Waals surface area contributed by atoms with Crippen LogP contribution in [-0.2, 0) is 18.4 Å². The lowest BCUT2D eigenvalue weighted by Gasteiger charge is -2.22. The Kier molecular flexibility index (Phi) is 6.77. The van der Waals surface area contributed by atoms with Gasteiger partial charge >= 0.3 is 0 Å². The summed E-state index contributed by atoms with van der Waals surface area (Å²) in [6, 6.07) is 6.43. The van der Waals surface area contributed by atoms with Crippen molar-refractivity contribution in [2.75, 3.05) is 5.75 Å². The van der Waals surface area contributed by atoms with E-state index < -0.39 is 0 Å². The van der Waals surface area contributed by atoms with Crippen molar-refractivity contribution >= 4 is 17.7 Å². The summed E-state index contributed by atoms with van der Waals surface area (Å²) in [5.41, 5.74) is 2.21. The summed E-state index contributed by atoms with van der Waals surface area (Å²) in [7, 11) is 1.91. The first-order valence-corrected chi connectivity index (χ1v) is 10.5. The Balaban J connectivity index is 1.51. The number of carbonyl (C=O) groups excluding carboxylic acids is 1. The molecule has 0 atom stereocenters. The maximum Gasteiger partial charge on any atom is 0.230 e. The normalized spacial score (nSPS) is 14.9. The zero-order valence-corrected chi connectivity index (χ0v) is 17.1. The van der Waals surface area contributed by atoms with Gasteiger partial charge in [0, 0.05) is 13.1 Å². The molecule has 27 heavy (non-hydrogen) atoms. The van der Waals surface area contributed by atoms with Crippen LogP contribution in [0.2, 0.25) is 0 Å². The monoisotopic (exact) mass is 388 g/mol. The Labute approximate surface area is 165 Å². The molecule has 1 aromatic heterocycles. The lowest BCUT2D eigenvalue weighted by molar-refractivity contribution is -0.119. The third-order valence-electron chi connectivity index (χ3n) is 4.98. The van der Waals surface area contributed by atoms with Crippen LogP contribution >= 0.6 is 11.8 Å². The van der Waals surface area contributed by atoms with Crippen molar-refractivity contribution in [1.29, 1.82) is 0 Å². The Morgan fingerprint density at radius 1 is 1.22 bits per heavy atom. The molecular weight excluding hydrogens is 360 g/mol. The average Bonchev–Trinajstić information content (AvgIpc) is 3.00. The first-order valence-electron chi connectivity index (χ1n) is 9.54. The molecule has 0 radical (unpaired) electrons. The van der Waals surface area contributed by atoms with Crippen molar-refractivity contribution in [3.63, 3.8) is 0 Å². The number of rotatable bonds is 7. The molecule has 1 N–H and O–H groups in total. The Bertz CT molecular complexity index is 764. The van der Waals surface area contributed by atoms with E-state index in [-0.39, 0.29) is 5.91 Å². The van der Waals surface area contributed by atoms with Gasteiger partial charge in [0.25, 0.3) is 0 Å². The SMILES string of the molecule is Cc1cccc(C)c1OCc1nnc(SCC(=O)NC2CCCCC2)n1C.